The van der Waals surface area contributed by atoms with Crippen LogP contribution in [-0.4, -0.2) is 28.8 Å². The van der Waals surface area contributed by atoms with Gasteiger partial charge in [-0.25, -0.2) is 0 Å². The van der Waals surface area contributed by atoms with E-state index < -0.39 is 16.9 Å². The average Bonchev–Trinajstić information content (AvgIpc) is 2.56. The van der Waals surface area contributed by atoms with Gasteiger partial charge >= 0.3 is 0 Å². The number of nitrogens with one attached hydrogen (secondary N) is 2. The van der Waals surface area contributed by atoms with Crippen LogP contribution in [0.3, 0.4) is 0 Å². The quantitative estimate of drug-likeness (QED) is 0.542. The third kappa shape index (κ3) is 5.70. The first-order valence-electron chi connectivity index (χ1n) is 8.26. The highest BCUT2D eigenvalue weighted by Crippen LogP contribution is 2.25. The fourth-order valence-electron chi connectivity index (χ4n) is 2.34. The Bertz CT molecular complexity index is 645. The van der Waals surface area contributed by atoms with E-state index in [-0.39, 0.29) is 34.1 Å². The number of nitro benzene ring substituents is 1. The van der Waals surface area contributed by atoms with E-state index in [2.05, 4.69) is 10.6 Å². The largest absolute Gasteiger partial charge is 0.352 e. The second kappa shape index (κ2) is 9.36. The lowest BCUT2D eigenvalue weighted by molar-refractivity contribution is -0.384. The van der Waals surface area contributed by atoms with Gasteiger partial charge in [-0.1, -0.05) is 39.3 Å². The summed E-state index contributed by atoms with van der Waals surface area (Å²) in [6.07, 6.45) is 1.59. The fraction of sp³-hybridized carbons (Fsp3) is 0.529. The topological polar surface area (TPSA) is 101 Å². The Labute approximate surface area is 152 Å². The Morgan fingerprint density at radius 1 is 1.20 bits per heavy atom. The minimum Gasteiger partial charge on any atom is -0.352 e. The van der Waals surface area contributed by atoms with Gasteiger partial charge in [-0.2, -0.15) is 0 Å². The monoisotopic (exact) mass is 369 g/mol. The van der Waals surface area contributed by atoms with Gasteiger partial charge < -0.3 is 10.6 Å². The fourth-order valence-corrected chi connectivity index (χ4v) is 2.52. The molecule has 25 heavy (non-hydrogen) atoms. The number of hydrogen-bond donors (Lipinski definition) is 2. The molecular weight excluding hydrogens is 346 g/mol. The van der Waals surface area contributed by atoms with Gasteiger partial charge in [0.15, 0.2) is 0 Å². The van der Waals surface area contributed by atoms with Crippen LogP contribution in [0.2, 0.25) is 5.02 Å². The smallest absolute Gasteiger partial charge is 0.288 e. The van der Waals surface area contributed by atoms with Crippen LogP contribution in [0.15, 0.2) is 18.2 Å². The van der Waals surface area contributed by atoms with Crippen molar-refractivity contribution in [1.29, 1.82) is 0 Å². The molecule has 7 nitrogen and oxygen atoms in total. The number of hydrogen-bond acceptors (Lipinski definition) is 4. The summed E-state index contributed by atoms with van der Waals surface area (Å²) in [6.45, 7) is 7.60. The Morgan fingerprint density at radius 2 is 1.80 bits per heavy atom. The van der Waals surface area contributed by atoms with Crippen molar-refractivity contribution in [3.63, 3.8) is 0 Å². The lowest BCUT2D eigenvalue weighted by atomic mass is 10.0. The van der Waals surface area contributed by atoms with Gasteiger partial charge in [-0.05, 0) is 30.9 Å². The molecule has 2 N–H and O–H groups in total. The molecule has 0 saturated carbocycles. The molecule has 1 unspecified atom stereocenters. The zero-order chi connectivity index (χ0) is 19.1. The van der Waals surface area contributed by atoms with Crippen molar-refractivity contribution in [3.8, 4) is 0 Å². The Hall–Kier alpha value is -2.15. The molecule has 8 heteroatoms. The standard InChI is InChI=1S/C17H24ClN3O4/c1-5-12(6-2)19-17(23)15(10(3)4)20-16(22)11-7-8-13(18)14(9-11)21(24)25/h7-10,12,15H,5-6H2,1-4H3,(H,19,23)(H,20,22). The van der Waals surface area contributed by atoms with Crippen molar-refractivity contribution in [3.05, 3.63) is 38.9 Å². The minimum absolute atomic E-state index is 0.0438. The van der Waals surface area contributed by atoms with E-state index in [1.54, 1.807) is 0 Å². The summed E-state index contributed by atoms with van der Waals surface area (Å²) in [5.74, 6) is -0.959. The third-order valence-electron chi connectivity index (χ3n) is 3.97. The van der Waals surface area contributed by atoms with E-state index in [9.17, 15) is 19.7 Å². The van der Waals surface area contributed by atoms with E-state index in [1.165, 1.54) is 12.1 Å². The Balaban J connectivity index is 2.95. The van der Waals surface area contributed by atoms with Gasteiger partial charge in [0, 0.05) is 17.7 Å². The van der Waals surface area contributed by atoms with E-state index >= 15 is 0 Å². The summed E-state index contributed by atoms with van der Waals surface area (Å²) in [4.78, 5) is 35.2. The van der Waals surface area contributed by atoms with Gasteiger partial charge in [0.1, 0.15) is 11.1 Å². The highest BCUT2D eigenvalue weighted by atomic mass is 35.5. The van der Waals surface area contributed by atoms with Crippen molar-refractivity contribution in [2.24, 2.45) is 5.92 Å². The van der Waals surface area contributed by atoms with Gasteiger partial charge in [0.2, 0.25) is 5.91 Å². The van der Waals surface area contributed by atoms with E-state index in [0.717, 1.165) is 18.9 Å². The Kier molecular flexibility index (Phi) is 7.83. The molecule has 1 aromatic carbocycles. The van der Waals surface area contributed by atoms with Gasteiger partial charge in [-0.15, -0.1) is 0 Å². The molecule has 0 radical (unpaired) electrons. The number of carbonyl (C=O) groups is 2. The molecule has 138 valence electrons. The SMILES string of the molecule is CCC(CC)NC(=O)C(NC(=O)c1ccc(Cl)c([N+](=O)[O-])c1)C(C)C. The molecule has 0 aliphatic carbocycles. The zero-order valence-electron chi connectivity index (χ0n) is 14.8. The summed E-state index contributed by atoms with van der Waals surface area (Å²) in [6, 6.07) is 3.10. The maximum atomic E-state index is 12.5. The predicted molar refractivity (Wildman–Crippen MR) is 96.7 cm³/mol. The molecule has 1 aromatic rings. The molecule has 0 spiro atoms. The van der Waals surface area contributed by atoms with Crippen LogP contribution >= 0.6 is 11.6 Å². The second-order valence-electron chi connectivity index (χ2n) is 6.14. The zero-order valence-corrected chi connectivity index (χ0v) is 15.6. The predicted octanol–water partition coefficient (Wildman–Crippen LogP) is 3.31. The van der Waals surface area contributed by atoms with Crippen LogP contribution in [0.4, 0.5) is 5.69 Å². The molecule has 0 aliphatic heterocycles. The van der Waals surface area contributed by atoms with E-state index in [0.29, 0.717) is 0 Å². The van der Waals surface area contributed by atoms with Crippen molar-refractivity contribution in [2.75, 3.05) is 0 Å². The molecular formula is C17H24ClN3O4. The van der Waals surface area contributed by atoms with Crippen molar-refractivity contribution in [2.45, 2.75) is 52.6 Å². The lowest BCUT2D eigenvalue weighted by Crippen LogP contribution is -2.51. The molecule has 1 rings (SSSR count). The van der Waals surface area contributed by atoms with Gasteiger partial charge in [0.25, 0.3) is 11.6 Å². The highest BCUT2D eigenvalue weighted by molar-refractivity contribution is 6.32. The average molecular weight is 370 g/mol. The summed E-state index contributed by atoms with van der Waals surface area (Å²) in [5, 5.41) is 16.5. The summed E-state index contributed by atoms with van der Waals surface area (Å²) >= 11 is 5.75. The third-order valence-corrected chi connectivity index (χ3v) is 4.29. The first-order valence-corrected chi connectivity index (χ1v) is 8.64. The number of nitrogens with zero attached hydrogens (tertiary/aromatic N) is 1. The minimum atomic E-state index is -0.733. The molecule has 0 aliphatic rings. The van der Waals surface area contributed by atoms with E-state index in [1.807, 2.05) is 27.7 Å². The molecule has 0 aromatic heterocycles. The van der Waals surface area contributed by atoms with Crippen molar-refractivity contribution in [1.82, 2.24) is 10.6 Å². The molecule has 0 saturated heterocycles. The van der Waals surface area contributed by atoms with Crippen LogP contribution in [0.25, 0.3) is 0 Å². The normalized spacial score (nSPS) is 12.1. The number of rotatable bonds is 8. The van der Waals surface area contributed by atoms with Crippen molar-refractivity contribution >= 4 is 29.1 Å². The van der Waals surface area contributed by atoms with Crippen LogP contribution in [-0.2, 0) is 4.79 Å². The Morgan fingerprint density at radius 3 is 2.28 bits per heavy atom. The summed E-state index contributed by atoms with van der Waals surface area (Å²) < 4.78 is 0. The van der Waals surface area contributed by atoms with Gasteiger partial charge in [-0.3, -0.25) is 19.7 Å². The van der Waals surface area contributed by atoms with Gasteiger partial charge in [0.05, 0.1) is 4.92 Å². The first-order chi connectivity index (χ1) is 11.7. The molecule has 0 heterocycles. The molecule has 1 atom stereocenters. The van der Waals surface area contributed by atoms with Crippen LogP contribution in [0.1, 0.15) is 50.9 Å². The highest BCUT2D eigenvalue weighted by Gasteiger charge is 2.26. The van der Waals surface area contributed by atoms with Crippen LogP contribution < -0.4 is 10.6 Å². The van der Waals surface area contributed by atoms with Crippen LogP contribution in [0.5, 0.6) is 0 Å². The number of halogens is 1. The molecule has 0 bridgehead atoms. The van der Waals surface area contributed by atoms with Crippen LogP contribution in [0, 0.1) is 16.0 Å². The molecule has 2 amide bonds. The maximum absolute atomic E-state index is 12.5. The maximum Gasteiger partial charge on any atom is 0.288 e. The number of nitro groups is 1. The summed E-state index contributed by atoms with van der Waals surface area (Å²) in [7, 11) is 0. The number of carbonyl (C=O) groups excluding carboxylic acids is 2. The second-order valence-corrected chi connectivity index (χ2v) is 6.55. The van der Waals surface area contributed by atoms with Crippen molar-refractivity contribution < 1.29 is 14.5 Å². The number of amides is 2. The van der Waals surface area contributed by atoms with E-state index in [4.69, 9.17) is 11.6 Å². The number of benzene rings is 1. The first kappa shape index (κ1) is 20.9. The lowest BCUT2D eigenvalue weighted by Gasteiger charge is -2.24. The molecule has 0 fully saturated rings. The summed E-state index contributed by atoms with van der Waals surface area (Å²) in [5.41, 5.74) is -0.269.